The Kier molecular flexibility index (Phi) is 4.87. The third-order valence-electron chi connectivity index (χ3n) is 4.62. The van der Waals surface area contributed by atoms with E-state index in [0.29, 0.717) is 44.2 Å². The monoisotopic (exact) mass is 336 g/mol. The molecule has 2 saturated heterocycles. The van der Waals surface area contributed by atoms with Crippen molar-refractivity contribution in [1.82, 2.24) is 9.80 Å². The summed E-state index contributed by atoms with van der Waals surface area (Å²) in [6.07, 6.45) is 1.09. The molecule has 1 aromatic rings. The molecule has 0 aromatic heterocycles. The highest BCUT2D eigenvalue weighted by Gasteiger charge is 2.38. The van der Waals surface area contributed by atoms with Crippen LogP contribution in [-0.2, 0) is 20.7 Å². The Balaban J connectivity index is 1.64. The predicted octanol–water partition coefficient (Wildman–Crippen LogP) is 1.59. The van der Waals surface area contributed by atoms with Crippen molar-refractivity contribution in [2.24, 2.45) is 5.92 Å². The first-order valence-corrected chi connectivity index (χ1v) is 8.29. The standard InChI is InChI=1S/C17H21ClN2O3/c1-19-15-9-20(8-13(17(19)22)10-23-11-15)16(21)6-5-12-3-2-4-14(18)7-12/h2-4,7,13,15H,5-6,8-11H2,1H3/t13-,15+/m1/s1. The number of carbonyl (C=O) groups is 2. The molecule has 0 N–H and O–H groups in total. The van der Waals surface area contributed by atoms with Gasteiger partial charge in [0.15, 0.2) is 0 Å². The van der Waals surface area contributed by atoms with E-state index in [-0.39, 0.29) is 23.8 Å². The van der Waals surface area contributed by atoms with Crippen LogP contribution in [-0.4, -0.2) is 61.0 Å². The number of ether oxygens (including phenoxy) is 1. The van der Waals surface area contributed by atoms with E-state index < -0.39 is 0 Å². The van der Waals surface area contributed by atoms with Gasteiger partial charge >= 0.3 is 0 Å². The maximum Gasteiger partial charge on any atom is 0.229 e. The summed E-state index contributed by atoms with van der Waals surface area (Å²) in [5.74, 6) is -0.0785. The molecule has 2 aliphatic heterocycles. The molecular formula is C17H21ClN2O3. The van der Waals surface area contributed by atoms with E-state index in [9.17, 15) is 9.59 Å². The number of aryl methyl sites for hydroxylation is 1. The summed E-state index contributed by atoms with van der Waals surface area (Å²) in [5.41, 5.74) is 1.05. The van der Waals surface area contributed by atoms with Crippen LogP contribution in [0.3, 0.4) is 0 Å². The smallest absolute Gasteiger partial charge is 0.229 e. The Morgan fingerprint density at radius 3 is 2.96 bits per heavy atom. The Bertz CT molecular complexity index is 607. The summed E-state index contributed by atoms with van der Waals surface area (Å²) >= 11 is 5.97. The maximum atomic E-state index is 12.6. The molecule has 5 nitrogen and oxygen atoms in total. The molecule has 2 fully saturated rings. The van der Waals surface area contributed by atoms with Gasteiger partial charge in [-0.05, 0) is 24.1 Å². The molecule has 2 bridgehead atoms. The number of likely N-dealkylation sites (N-methyl/N-ethyl adjacent to an activating group) is 1. The van der Waals surface area contributed by atoms with Crippen LogP contribution >= 0.6 is 11.6 Å². The molecular weight excluding hydrogens is 316 g/mol. The largest absolute Gasteiger partial charge is 0.378 e. The minimum atomic E-state index is -0.248. The van der Waals surface area contributed by atoms with Crippen LogP contribution in [0.4, 0.5) is 0 Å². The molecule has 23 heavy (non-hydrogen) atoms. The second-order valence-corrected chi connectivity index (χ2v) is 6.70. The highest BCUT2D eigenvalue weighted by molar-refractivity contribution is 6.30. The molecule has 6 heteroatoms. The van der Waals surface area contributed by atoms with Crippen LogP contribution < -0.4 is 0 Å². The van der Waals surface area contributed by atoms with Crippen LogP contribution in [0.15, 0.2) is 24.3 Å². The molecule has 124 valence electrons. The van der Waals surface area contributed by atoms with E-state index in [1.807, 2.05) is 29.2 Å². The van der Waals surface area contributed by atoms with E-state index in [2.05, 4.69) is 0 Å². The van der Waals surface area contributed by atoms with E-state index in [1.165, 1.54) is 0 Å². The first kappa shape index (κ1) is 16.3. The van der Waals surface area contributed by atoms with E-state index in [1.54, 1.807) is 11.9 Å². The third-order valence-corrected chi connectivity index (χ3v) is 4.85. The fourth-order valence-electron chi connectivity index (χ4n) is 3.20. The normalized spacial score (nSPS) is 24.5. The summed E-state index contributed by atoms with van der Waals surface area (Å²) in [4.78, 5) is 28.4. The highest BCUT2D eigenvalue weighted by atomic mass is 35.5. The van der Waals surface area contributed by atoms with Crippen molar-refractivity contribution in [2.45, 2.75) is 18.9 Å². The SMILES string of the molecule is CN1C(=O)[C@H]2COC[C@@H]1CN(C(=O)CCc1cccc(Cl)c1)C2. The van der Waals surface area contributed by atoms with Gasteiger partial charge in [-0.25, -0.2) is 0 Å². The zero-order valence-electron chi connectivity index (χ0n) is 13.2. The van der Waals surface area contributed by atoms with Crippen molar-refractivity contribution in [2.75, 3.05) is 33.4 Å². The van der Waals surface area contributed by atoms with E-state index in [4.69, 9.17) is 16.3 Å². The van der Waals surface area contributed by atoms with E-state index in [0.717, 1.165) is 5.56 Å². The molecule has 0 spiro atoms. The van der Waals surface area contributed by atoms with Crippen LogP contribution in [0.1, 0.15) is 12.0 Å². The molecule has 0 aliphatic carbocycles. The topological polar surface area (TPSA) is 49.9 Å². The second kappa shape index (κ2) is 6.89. The van der Waals surface area contributed by atoms with Gasteiger partial charge in [0.2, 0.25) is 11.8 Å². The minimum Gasteiger partial charge on any atom is -0.378 e. The van der Waals surface area contributed by atoms with Gasteiger partial charge in [-0.3, -0.25) is 9.59 Å². The molecule has 2 aliphatic rings. The third kappa shape index (κ3) is 3.67. The Labute approximate surface area is 141 Å². The maximum absolute atomic E-state index is 12.6. The number of hydrogen-bond acceptors (Lipinski definition) is 3. The van der Waals surface area contributed by atoms with Crippen molar-refractivity contribution >= 4 is 23.4 Å². The quantitative estimate of drug-likeness (QED) is 0.842. The lowest BCUT2D eigenvalue weighted by Crippen LogP contribution is -2.45. The summed E-state index contributed by atoms with van der Waals surface area (Å²) in [7, 11) is 1.80. The summed E-state index contributed by atoms with van der Waals surface area (Å²) in [6.45, 7) is 1.90. The Morgan fingerprint density at radius 2 is 2.17 bits per heavy atom. The van der Waals surface area contributed by atoms with E-state index >= 15 is 0 Å². The molecule has 2 heterocycles. The highest BCUT2D eigenvalue weighted by Crippen LogP contribution is 2.21. The molecule has 3 rings (SSSR count). The van der Waals surface area contributed by atoms with Crippen molar-refractivity contribution in [3.05, 3.63) is 34.9 Å². The number of halogens is 1. The van der Waals surface area contributed by atoms with Gasteiger partial charge in [-0.15, -0.1) is 0 Å². The van der Waals surface area contributed by atoms with Crippen molar-refractivity contribution in [3.8, 4) is 0 Å². The molecule has 1 aromatic carbocycles. The number of fused-ring (bicyclic) bond motifs is 3. The fraction of sp³-hybridized carbons (Fsp3) is 0.529. The number of nitrogens with zero attached hydrogens (tertiary/aromatic N) is 2. The van der Waals surface area contributed by atoms with Crippen LogP contribution in [0.2, 0.25) is 5.02 Å². The predicted molar refractivity (Wildman–Crippen MR) is 87.2 cm³/mol. The average molecular weight is 337 g/mol. The Hall–Kier alpha value is -1.59. The fourth-order valence-corrected chi connectivity index (χ4v) is 3.42. The zero-order chi connectivity index (χ0) is 16.4. The second-order valence-electron chi connectivity index (χ2n) is 6.27. The van der Waals surface area contributed by atoms with Crippen LogP contribution in [0, 0.1) is 5.92 Å². The lowest BCUT2D eigenvalue weighted by Gasteiger charge is -2.29. The molecule has 2 atom stereocenters. The zero-order valence-corrected chi connectivity index (χ0v) is 14.0. The number of benzene rings is 1. The number of rotatable bonds is 3. The summed E-state index contributed by atoms with van der Waals surface area (Å²) in [6, 6.07) is 7.52. The van der Waals surface area contributed by atoms with Gasteiger partial charge in [-0.1, -0.05) is 23.7 Å². The number of hydrogen-bond donors (Lipinski definition) is 0. The summed E-state index contributed by atoms with van der Waals surface area (Å²) in [5, 5.41) is 0.684. The van der Waals surface area contributed by atoms with Gasteiger partial charge < -0.3 is 14.5 Å². The Morgan fingerprint density at radius 1 is 1.35 bits per heavy atom. The van der Waals surface area contributed by atoms with Gasteiger partial charge in [0.1, 0.15) is 0 Å². The van der Waals surface area contributed by atoms with Crippen molar-refractivity contribution in [1.29, 1.82) is 0 Å². The van der Waals surface area contributed by atoms with Crippen LogP contribution in [0.25, 0.3) is 0 Å². The summed E-state index contributed by atoms with van der Waals surface area (Å²) < 4.78 is 5.56. The lowest BCUT2D eigenvalue weighted by molar-refractivity contribution is -0.134. The number of carbonyl (C=O) groups excluding carboxylic acids is 2. The van der Waals surface area contributed by atoms with Gasteiger partial charge in [0.05, 0.1) is 25.2 Å². The molecule has 0 unspecified atom stereocenters. The molecule has 0 radical (unpaired) electrons. The first-order chi connectivity index (χ1) is 11.0. The number of amides is 2. The molecule has 0 saturated carbocycles. The van der Waals surface area contributed by atoms with Gasteiger partial charge in [0.25, 0.3) is 0 Å². The van der Waals surface area contributed by atoms with Crippen molar-refractivity contribution < 1.29 is 14.3 Å². The van der Waals surface area contributed by atoms with Crippen LogP contribution in [0.5, 0.6) is 0 Å². The first-order valence-electron chi connectivity index (χ1n) is 7.91. The lowest BCUT2D eigenvalue weighted by atomic mass is 10.1. The average Bonchev–Trinajstić information content (AvgIpc) is 2.70. The van der Waals surface area contributed by atoms with Gasteiger partial charge in [-0.2, -0.15) is 0 Å². The van der Waals surface area contributed by atoms with Crippen molar-refractivity contribution in [3.63, 3.8) is 0 Å². The molecule has 2 amide bonds. The van der Waals surface area contributed by atoms with Gasteiger partial charge in [0, 0.05) is 31.6 Å². The minimum absolute atomic E-state index is 0.0508.